The lowest BCUT2D eigenvalue weighted by Gasteiger charge is -2.37. The molecular formula is C23H35N3O3. The Balaban J connectivity index is 2.00. The third kappa shape index (κ3) is 4.75. The molecule has 0 bridgehead atoms. The van der Waals surface area contributed by atoms with Crippen LogP contribution in [0.25, 0.3) is 10.9 Å². The number of amides is 1. The van der Waals surface area contributed by atoms with Crippen molar-refractivity contribution in [1.82, 2.24) is 14.8 Å². The number of benzene rings is 1. The largest absolute Gasteiger partial charge is 0.495 e. The molecule has 0 spiro atoms. The van der Waals surface area contributed by atoms with E-state index in [1.807, 2.05) is 18.2 Å². The fourth-order valence-electron chi connectivity index (χ4n) is 4.41. The standard InChI is InChI=1S/C23H35N3O3/c1-17(2)26(19-10-8-12-24-16-19)23(27)20-15-18-9-7-11-21(29-4)22(18)25(20)13-5-6-14-28-3/h7,9,11,15,17,19,24H,5-6,8,10,12-14,16H2,1-4H3/t19-/m1/s1. The summed E-state index contributed by atoms with van der Waals surface area (Å²) >= 11 is 0. The number of nitrogens with zero attached hydrogens (tertiary/aromatic N) is 2. The topological polar surface area (TPSA) is 55.7 Å². The van der Waals surface area contributed by atoms with E-state index in [0.717, 1.165) is 74.3 Å². The summed E-state index contributed by atoms with van der Waals surface area (Å²) in [5.41, 5.74) is 1.75. The van der Waals surface area contributed by atoms with Gasteiger partial charge in [0.15, 0.2) is 0 Å². The van der Waals surface area contributed by atoms with Gasteiger partial charge in [0.2, 0.25) is 0 Å². The quantitative estimate of drug-likeness (QED) is 0.651. The minimum atomic E-state index is 0.110. The van der Waals surface area contributed by atoms with E-state index in [-0.39, 0.29) is 18.0 Å². The van der Waals surface area contributed by atoms with E-state index in [9.17, 15) is 4.79 Å². The highest BCUT2D eigenvalue weighted by Crippen LogP contribution is 2.31. The molecule has 2 aromatic rings. The zero-order chi connectivity index (χ0) is 20.8. The monoisotopic (exact) mass is 401 g/mol. The van der Waals surface area contributed by atoms with Gasteiger partial charge in [-0.2, -0.15) is 0 Å². The van der Waals surface area contributed by atoms with Crippen molar-refractivity contribution in [3.8, 4) is 5.75 Å². The van der Waals surface area contributed by atoms with E-state index in [0.29, 0.717) is 0 Å². The Hall–Kier alpha value is -2.05. The number of nitrogens with one attached hydrogen (secondary N) is 1. The van der Waals surface area contributed by atoms with Gasteiger partial charge in [0.05, 0.1) is 12.6 Å². The number of para-hydroxylation sites is 1. The number of aryl methyl sites for hydroxylation is 1. The van der Waals surface area contributed by atoms with Gasteiger partial charge in [0, 0.05) is 44.3 Å². The van der Waals surface area contributed by atoms with Gasteiger partial charge in [0.1, 0.15) is 11.4 Å². The smallest absolute Gasteiger partial charge is 0.271 e. The van der Waals surface area contributed by atoms with Crippen LogP contribution in [0.4, 0.5) is 0 Å². The summed E-state index contributed by atoms with van der Waals surface area (Å²) in [6, 6.07) is 8.42. The number of carbonyl (C=O) groups excluding carboxylic acids is 1. The molecule has 1 aromatic carbocycles. The lowest BCUT2D eigenvalue weighted by atomic mass is 10.0. The Morgan fingerprint density at radius 3 is 2.79 bits per heavy atom. The van der Waals surface area contributed by atoms with E-state index in [4.69, 9.17) is 9.47 Å². The first-order valence-corrected chi connectivity index (χ1v) is 10.8. The van der Waals surface area contributed by atoms with Crippen LogP contribution in [0.2, 0.25) is 0 Å². The molecular weight excluding hydrogens is 366 g/mol. The average Bonchev–Trinajstić information content (AvgIpc) is 3.10. The first-order chi connectivity index (χ1) is 14.1. The molecule has 1 saturated heterocycles. The zero-order valence-corrected chi connectivity index (χ0v) is 18.2. The van der Waals surface area contributed by atoms with Crippen LogP contribution in [0.15, 0.2) is 24.3 Å². The number of hydrogen-bond donors (Lipinski definition) is 1. The second kappa shape index (κ2) is 10.1. The molecule has 29 heavy (non-hydrogen) atoms. The Labute approximate surface area is 174 Å². The van der Waals surface area contributed by atoms with E-state index < -0.39 is 0 Å². The molecule has 1 amide bonds. The predicted molar refractivity (Wildman–Crippen MR) is 117 cm³/mol. The molecule has 160 valence electrons. The maximum atomic E-state index is 13.8. The van der Waals surface area contributed by atoms with Crippen molar-refractivity contribution in [1.29, 1.82) is 0 Å². The lowest BCUT2D eigenvalue weighted by Crippen LogP contribution is -2.52. The molecule has 1 aromatic heterocycles. The minimum Gasteiger partial charge on any atom is -0.495 e. The van der Waals surface area contributed by atoms with E-state index in [2.05, 4.69) is 34.7 Å². The number of methoxy groups -OCH3 is 2. The van der Waals surface area contributed by atoms with Crippen LogP contribution in [-0.2, 0) is 11.3 Å². The third-order valence-electron chi connectivity index (χ3n) is 5.76. The van der Waals surface area contributed by atoms with Crippen molar-refractivity contribution in [3.63, 3.8) is 0 Å². The van der Waals surface area contributed by atoms with Crippen LogP contribution < -0.4 is 10.1 Å². The number of hydrogen-bond acceptors (Lipinski definition) is 4. The Kier molecular flexibility index (Phi) is 7.56. The summed E-state index contributed by atoms with van der Waals surface area (Å²) in [5, 5.41) is 4.50. The molecule has 0 unspecified atom stereocenters. The van der Waals surface area contributed by atoms with Gasteiger partial charge in [-0.1, -0.05) is 12.1 Å². The van der Waals surface area contributed by atoms with Crippen molar-refractivity contribution in [3.05, 3.63) is 30.0 Å². The van der Waals surface area contributed by atoms with E-state index in [1.54, 1.807) is 14.2 Å². The van der Waals surface area contributed by atoms with Gasteiger partial charge in [-0.3, -0.25) is 4.79 Å². The summed E-state index contributed by atoms with van der Waals surface area (Å²) in [4.78, 5) is 15.8. The highest BCUT2D eigenvalue weighted by molar-refractivity contribution is 6.00. The Morgan fingerprint density at radius 1 is 1.31 bits per heavy atom. The molecule has 1 aliphatic rings. The lowest BCUT2D eigenvalue weighted by molar-refractivity contribution is 0.0562. The maximum absolute atomic E-state index is 13.8. The second-order valence-electron chi connectivity index (χ2n) is 8.09. The van der Waals surface area contributed by atoms with Crippen molar-refractivity contribution >= 4 is 16.8 Å². The molecule has 1 atom stereocenters. The Morgan fingerprint density at radius 2 is 2.14 bits per heavy atom. The summed E-state index contributed by atoms with van der Waals surface area (Å²) in [7, 11) is 3.41. The summed E-state index contributed by atoms with van der Waals surface area (Å²) in [5.74, 6) is 0.919. The zero-order valence-electron chi connectivity index (χ0n) is 18.2. The molecule has 6 heteroatoms. The third-order valence-corrected chi connectivity index (χ3v) is 5.76. The van der Waals surface area contributed by atoms with Crippen LogP contribution in [-0.4, -0.2) is 61.4 Å². The number of piperidine rings is 1. The van der Waals surface area contributed by atoms with Gasteiger partial charge in [-0.15, -0.1) is 0 Å². The SMILES string of the molecule is COCCCCn1c(C(=O)N(C(C)C)[C@@H]2CCCNC2)cc2cccc(OC)c21. The number of fused-ring (bicyclic) bond motifs is 1. The normalized spacial score (nSPS) is 17.1. The van der Waals surface area contributed by atoms with Gasteiger partial charge >= 0.3 is 0 Å². The van der Waals surface area contributed by atoms with Crippen molar-refractivity contribution in [2.45, 2.75) is 58.2 Å². The van der Waals surface area contributed by atoms with Gasteiger partial charge < -0.3 is 24.3 Å². The summed E-state index contributed by atoms with van der Waals surface area (Å²) in [6.07, 6.45) is 4.06. The highest BCUT2D eigenvalue weighted by Gasteiger charge is 2.31. The summed E-state index contributed by atoms with van der Waals surface area (Å²) < 4.78 is 13.0. The summed E-state index contributed by atoms with van der Waals surface area (Å²) in [6.45, 7) is 7.61. The fourth-order valence-corrected chi connectivity index (χ4v) is 4.41. The van der Waals surface area contributed by atoms with Crippen LogP contribution >= 0.6 is 0 Å². The van der Waals surface area contributed by atoms with Crippen LogP contribution in [0.5, 0.6) is 5.75 Å². The fraction of sp³-hybridized carbons (Fsp3) is 0.609. The highest BCUT2D eigenvalue weighted by atomic mass is 16.5. The minimum absolute atomic E-state index is 0.110. The predicted octanol–water partition coefficient (Wildman–Crippen LogP) is 3.68. The number of unbranched alkanes of at least 4 members (excludes halogenated alkanes) is 1. The van der Waals surface area contributed by atoms with Gasteiger partial charge in [-0.25, -0.2) is 0 Å². The second-order valence-corrected chi connectivity index (χ2v) is 8.09. The van der Waals surface area contributed by atoms with E-state index >= 15 is 0 Å². The molecule has 0 saturated carbocycles. The van der Waals surface area contributed by atoms with Crippen molar-refractivity contribution < 1.29 is 14.3 Å². The maximum Gasteiger partial charge on any atom is 0.271 e. The van der Waals surface area contributed by atoms with E-state index in [1.165, 1.54) is 0 Å². The molecule has 6 nitrogen and oxygen atoms in total. The molecule has 2 heterocycles. The van der Waals surface area contributed by atoms with Crippen LogP contribution in [0, 0.1) is 0 Å². The molecule has 3 rings (SSSR count). The van der Waals surface area contributed by atoms with Crippen LogP contribution in [0.3, 0.4) is 0 Å². The molecule has 1 N–H and O–H groups in total. The molecule has 0 radical (unpaired) electrons. The van der Waals surface area contributed by atoms with Crippen molar-refractivity contribution in [2.75, 3.05) is 33.9 Å². The number of ether oxygens (including phenoxy) is 2. The Bertz CT molecular complexity index is 809. The molecule has 1 aliphatic heterocycles. The van der Waals surface area contributed by atoms with Crippen LogP contribution in [0.1, 0.15) is 50.0 Å². The van der Waals surface area contributed by atoms with Gasteiger partial charge in [0.25, 0.3) is 5.91 Å². The van der Waals surface area contributed by atoms with Crippen molar-refractivity contribution in [2.24, 2.45) is 0 Å². The average molecular weight is 402 g/mol. The molecule has 1 fully saturated rings. The first-order valence-electron chi connectivity index (χ1n) is 10.8. The van der Waals surface area contributed by atoms with Gasteiger partial charge in [-0.05, 0) is 58.2 Å². The first kappa shape index (κ1) is 21.7. The number of aromatic nitrogens is 1. The number of rotatable bonds is 9. The molecule has 0 aliphatic carbocycles. The number of carbonyl (C=O) groups is 1.